The van der Waals surface area contributed by atoms with E-state index in [2.05, 4.69) is 0 Å². The van der Waals surface area contributed by atoms with Crippen molar-refractivity contribution < 1.29 is 19.7 Å². The summed E-state index contributed by atoms with van der Waals surface area (Å²) >= 11 is 0. The second kappa shape index (κ2) is 4.95. The Morgan fingerprint density at radius 3 is 2.76 bits per heavy atom. The van der Waals surface area contributed by atoms with Crippen LogP contribution in [0, 0.1) is 0 Å². The van der Waals surface area contributed by atoms with Crippen LogP contribution in [0.2, 0.25) is 0 Å². The topological polar surface area (TPSA) is 70.0 Å². The minimum Gasteiger partial charge on any atom is -0.508 e. The molecule has 1 aromatic carbocycles. The molecule has 1 atom stereocenters. The van der Waals surface area contributed by atoms with Crippen molar-refractivity contribution in [3.63, 3.8) is 0 Å². The van der Waals surface area contributed by atoms with Crippen LogP contribution in [-0.2, 0) is 0 Å². The minimum absolute atomic E-state index is 0.0682. The predicted molar refractivity (Wildman–Crippen MR) is 61.4 cm³/mol. The van der Waals surface area contributed by atoms with E-state index in [0.717, 1.165) is 12.8 Å². The monoisotopic (exact) mass is 237 g/mol. The number of hydrogen-bond acceptors (Lipinski definition) is 3. The molecule has 1 amide bonds. The Morgan fingerprint density at radius 2 is 2.12 bits per heavy atom. The maximum Gasteiger partial charge on any atom is 0.407 e. The zero-order valence-electron chi connectivity index (χ0n) is 9.37. The van der Waals surface area contributed by atoms with Gasteiger partial charge < -0.3 is 19.8 Å². The summed E-state index contributed by atoms with van der Waals surface area (Å²) in [5, 5.41) is 18.1. The number of phenols is 1. The van der Waals surface area contributed by atoms with E-state index in [-0.39, 0.29) is 11.8 Å². The van der Waals surface area contributed by atoms with Crippen LogP contribution in [0.15, 0.2) is 24.3 Å². The lowest BCUT2D eigenvalue weighted by Crippen LogP contribution is -2.37. The number of ether oxygens (including phenoxy) is 1. The van der Waals surface area contributed by atoms with Gasteiger partial charge in [0.2, 0.25) is 0 Å². The highest BCUT2D eigenvalue weighted by molar-refractivity contribution is 5.65. The van der Waals surface area contributed by atoms with Crippen LogP contribution in [0.25, 0.3) is 0 Å². The van der Waals surface area contributed by atoms with Crippen molar-refractivity contribution in [2.24, 2.45) is 0 Å². The first kappa shape index (κ1) is 11.6. The van der Waals surface area contributed by atoms with Gasteiger partial charge in [0.15, 0.2) is 0 Å². The van der Waals surface area contributed by atoms with Gasteiger partial charge in [-0.05, 0) is 37.1 Å². The average Bonchev–Trinajstić information content (AvgIpc) is 2.76. The third-order valence-electron chi connectivity index (χ3n) is 2.90. The molecule has 92 valence electrons. The maximum atomic E-state index is 10.9. The zero-order valence-corrected chi connectivity index (χ0v) is 9.37. The van der Waals surface area contributed by atoms with Crippen molar-refractivity contribution in [1.82, 2.24) is 4.90 Å². The molecule has 2 N–H and O–H groups in total. The number of nitrogens with zero attached hydrogens (tertiary/aromatic N) is 1. The van der Waals surface area contributed by atoms with E-state index in [9.17, 15) is 4.79 Å². The maximum absolute atomic E-state index is 10.9. The molecule has 0 aromatic heterocycles. The molecular formula is C12H15NO4. The molecular weight excluding hydrogens is 222 g/mol. The van der Waals surface area contributed by atoms with Crippen LogP contribution < -0.4 is 4.74 Å². The summed E-state index contributed by atoms with van der Waals surface area (Å²) < 4.78 is 5.51. The van der Waals surface area contributed by atoms with Gasteiger partial charge in [0, 0.05) is 6.54 Å². The van der Waals surface area contributed by atoms with Crippen LogP contribution in [-0.4, -0.2) is 40.4 Å². The van der Waals surface area contributed by atoms with E-state index in [1.165, 1.54) is 4.90 Å². The van der Waals surface area contributed by atoms with Gasteiger partial charge in [-0.2, -0.15) is 0 Å². The largest absolute Gasteiger partial charge is 0.508 e. The number of carbonyl (C=O) groups is 1. The SMILES string of the molecule is O=C(O)N1CCC[C@@H]1COc1ccc(O)cc1. The summed E-state index contributed by atoms with van der Waals surface area (Å²) in [4.78, 5) is 12.3. The van der Waals surface area contributed by atoms with Crippen LogP contribution in [0.1, 0.15) is 12.8 Å². The number of likely N-dealkylation sites (tertiary alicyclic amines) is 1. The summed E-state index contributed by atoms with van der Waals surface area (Å²) in [5.41, 5.74) is 0. The van der Waals surface area contributed by atoms with Gasteiger partial charge in [0.25, 0.3) is 0 Å². The molecule has 1 aliphatic heterocycles. The number of hydrogen-bond donors (Lipinski definition) is 2. The molecule has 5 heteroatoms. The number of amides is 1. The van der Waals surface area contributed by atoms with Gasteiger partial charge in [0.1, 0.15) is 18.1 Å². The highest BCUT2D eigenvalue weighted by Crippen LogP contribution is 2.20. The molecule has 1 heterocycles. The first-order valence-electron chi connectivity index (χ1n) is 5.58. The molecule has 0 spiro atoms. The van der Waals surface area contributed by atoms with Crippen molar-refractivity contribution >= 4 is 6.09 Å². The van der Waals surface area contributed by atoms with Gasteiger partial charge in [0.05, 0.1) is 6.04 Å². The number of aromatic hydroxyl groups is 1. The van der Waals surface area contributed by atoms with Crippen LogP contribution in [0.3, 0.4) is 0 Å². The van der Waals surface area contributed by atoms with E-state index in [0.29, 0.717) is 18.9 Å². The van der Waals surface area contributed by atoms with Gasteiger partial charge in [-0.25, -0.2) is 4.79 Å². The quantitative estimate of drug-likeness (QED) is 0.842. The van der Waals surface area contributed by atoms with Crippen LogP contribution >= 0.6 is 0 Å². The van der Waals surface area contributed by atoms with Crippen molar-refractivity contribution in [3.8, 4) is 11.5 Å². The molecule has 0 unspecified atom stereocenters. The fourth-order valence-corrected chi connectivity index (χ4v) is 2.00. The number of benzene rings is 1. The molecule has 0 radical (unpaired) electrons. The lowest BCUT2D eigenvalue weighted by molar-refractivity contribution is 0.123. The van der Waals surface area contributed by atoms with E-state index in [1.807, 2.05) is 0 Å². The second-order valence-electron chi connectivity index (χ2n) is 4.08. The molecule has 17 heavy (non-hydrogen) atoms. The Kier molecular flexibility index (Phi) is 3.37. The fourth-order valence-electron chi connectivity index (χ4n) is 2.00. The molecule has 0 aliphatic carbocycles. The van der Waals surface area contributed by atoms with E-state index in [4.69, 9.17) is 14.9 Å². The Labute approximate surface area is 99.2 Å². The molecule has 1 aromatic rings. The Bertz CT molecular complexity index is 390. The standard InChI is InChI=1S/C12H15NO4/c14-10-3-5-11(6-4-10)17-8-9-2-1-7-13(9)12(15)16/h3-6,9,14H,1-2,7-8H2,(H,15,16)/t9-/m1/s1. The van der Waals surface area contributed by atoms with Crippen molar-refractivity contribution in [2.45, 2.75) is 18.9 Å². The lowest BCUT2D eigenvalue weighted by atomic mass is 10.2. The van der Waals surface area contributed by atoms with Gasteiger partial charge >= 0.3 is 6.09 Å². The van der Waals surface area contributed by atoms with Crippen molar-refractivity contribution in [1.29, 1.82) is 0 Å². The molecule has 1 saturated heterocycles. The molecule has 1 aliphatic rings. The molecule has 2 rings (SSSR count). The summed E-state index contributed by atoms with van der Waals surface area (Å²) in [5.74, 6) is 0.824. The van der Waals surface area contributed by atoms with Gasteiger partial charge in [-0.15, -0.1) is 0 Å². The van der Waals surface area contributed by atoms with Gasteiger partial charge in [-0.3, -0.25) is 0 Å². The van der Waals surface area contributed by atoms with E-state index >= 15 is 0 Å². The average molecular weight is 237 g/mol. The lowest BCUT2D eigenvalue weighted by Gasteiger charge is -2.21. The van der Waals surface area contributed by atoms with Crippen molar-refractivity contribution in [3.05, 3.63) is 24.3 Å². The summed E-state index contributed by atoms with van der Waals surface area (Å²) in [7, 11) is 0. The smallest absolute Gasteiger partial charge is 0.407 e. The Hall–Kier alpha value is -1.91. The summed E-state index contributed by atoms with van der Waals surface area (Å²) in [6.45, 7) is 0.940. The van der Waals surface area contributed by atoms with Crippen molar-refractivity contribution in [2.75, 3.05) is 13.2 Å². The highest BCUT2D eigenvalue weighted by atomic mass is 16.5. The Balaban J connectivity index is 1.89. The zero-order chi connectivity index (χ0) is 12.3. The molecule has 1 fully saturated rings. The van der Waals surface area contributed by atoms with E-state index in [1.54, 1.807) is 24.3 Å². The fraction of sp³-hybridized carbons (Fsp3) is 0.417. The number of carboxylic acid groups (broad SMARTS) is 1. The Morgan fingerprint density at radius 1 is 1.41 bits per heavy atom. The molecule has 5 nitrogen and oxygen atoms in total. The number of phenolic OH excluding ortho intramolecular Hbond substituents is 1. The summed E-state index contributed by atoms with van der Waals surface area (Å²) in [6.07, 6.45) is 0.835. The van der Waals surface area contributed by atoms with Gasteiger partial charge in [-0.1, -0.05) is 0 Å². The number of rotatable bonds is 3. The normalized spacial score (nSPS) is 19.3. The highest BCUT2D eigenvalue weighted by Gasteiger charge is 2.28. The third kappa shape index (κ3) is 2.81. The molecule has 0 bridgehead atoms. The first-order valence-corrected chi connectivity index (χ1v) is 5.58. The predicted octanol–water partition coefficient (Wildman–Crippen LogP) is 1.91. The summed E-state index contributed by atoms with van der Waals surface area (Å²) in [6, 6.07) is 6.34. The molecule has 0 saturated carbocycles. The first-order chi connectivity index (χ1) is 8.16. The van der Waals surface area contributed by atoms with Crippen LogP contribution in [0.4, 0.5) is 4.79 Å². The third-order valence-corrected chi connectivity index (χ3v) is 2.90. The minimum atomic E-state index is -0.887. The van der Waals surface area contributed by atoms with E-state index < -0.39 is 6.09 Å². The second-order valence-corrected chi connectivity index (χ2v) is 4.08. The van der Waals surface area contributed by atoms with Crippen LogP contribution in [0.5, 0.6) is 11.5 Å².